The van der Waals surface area contributed by atoms with Gasteiger partial charge in [-0.05, 0) is 86.3 Å². The Morgan fingerprint density at radius 2 is 1.18 bits per heavy atom. The zero-order valence-corrected chi connectivity index (χ0v) is 29.9. The topological polar surface area (TPSA) is 16.4 Å². The van der Waals surface area contributed by atoms with Crippen LogP contribution in [-0.2, 0) is 10.8 Å². The van der Waals surface area contributed by atoms with Gasteiger partial charge in [-0.25, -0.2) is 0 Å². The third kappa shape index (κ3) is 5.09. The van der Waals surface area contributed by atoms with E-state index in [9.17, 15) is 0 Å². The van der Waals surface area contributed by atoms with Gasteiger partial charge in [0, 0.05) is 39.2 Å². The smallest absolute Gasteiger partial charge is 0.137 e. The molecule has 248 valence electrons. The molecule has 0 aliphatic heterocycles. The summed E-state index contributed by atoms with van der Waals surface area (Å²) in [6.45, 7) is 11.7. The quantitative estimate of drug-likeness (QED) is 0.183. The van der Waals surface area contributed by atoms with Crippen LogP contribution in [0.5, 0.6) is 0 Å². The number of rotatable bonds is 5. The summed E-state index contributed by atoms with van der Waals surface area (Å²) >= 11 is 0. The van der Waals surface area contributed by atoms with Gasteiger partial charge in [0.05, 0.1) is 5.69 Å². The van der Waals surface area contributed by atoms with Crippen LogP contribution in [0.2, 0.25) is 0 Å². The van der Waals surface area contributed by atoms with Crippen molar-refractivity contribution in [3.8, 4) is 33.4 Å². The molecule has 0 spiro atoms. The van der Waals surface area contributed by atoms with E-state index in [1.54, 1.807) is 0 Å². The van der Waals surface area contributed by atoms with Crippen molar-refractivity contribution in [2.24, 2.45) is 0 Å². The lowest BCUT2D eigenvalue weighted by molar-refractivity contribution is 0.584. The summed E-state index contributed by atoms with van der Waals surface area (Å²) in [5, 5.41) is 2.25. The van der Waals surface area contributed by atoms with E-state index in [0.717, 1.165) is 39.0 Å². The van der Waals surface area contributed by atoms with Crippen LogP contribution < -0.4 is 4.90 Å². The van der Waals surface area contributed by atoms with Gasteiger partial charge in [-0.1, -0.05) is 150 Å². The van der Waals surface area contributed by atoms with E-state index in [1.807, 2.05) is 12.1 Å². The number of benzene rings is 7. The zero-order valence-electron chi connectivity index (χ0n) is 29.9. The van der Waals surface area contributed by atoms with Crippen molar-refractivity contribution in [1.82, 2.24) is 0 Å². The number of hydrogen-bond acceptors (Lipinski definition) is 2. The minimum absolute atomic E-state index is 0.0744. The maximum absolute atomic E-state index is 6.45. The average Bonchev–Trinajstić information content (AvgIpc) is 3.63. The van der Waals surface area contributed by atoms with E-state index >= 15 is 0 Å². The van der Waals surface area contributed by atoms with Gasteiger partial charge >= 0.3 is 0 Å². The van der Waals surface area contributed by atoms with Crippen molar-refractivity contribution in [3.05, 3.63) is 174 Å². The molecule has 1 aliphatic carbocycles. The van der Waals surface area contributed by atoms with E-state index < -0.39 is 0 Å². The first kappa shape index (κ1) is 31.1. The highest BCUT2D eigenvalue weighted by molar-refractivity contribution is 6.06. The van der Waals surface area contributed by atoms with Crippen LogP contribution in [0.15, 0.2) is 162 Å². The Morgan fingerprint density at radius 3 is 2.02 bits per heavy atom. The minimum atomic E-state index is -0.118. The predicted molar refractivity (Wildman–Crippen MR) is 216 cm³/mol. The number of hydrogen-bond donors (Lipinski definition) is 0. The summed E-state index contributed by atoms with van der Waals surface area (Å²) < 4.78 is 6.45. The molecule has 2 nitrogen and oxygen atoms in total. The third-order valence-corrected chi connectivity index (χ3v) is 10.8. The first-order valence-electron chi connectivity index (χ1n) is 17.9. The third-order valence-electron chi connectivity index (χ3n) is 10.8. The van der Waals surface area contributed by atoms with Crippen molar-refractivity contribution in [1.29, 1.82) is 0 Å². The fourth-order valence-electron chi connectivity index (χ4n) is 8.11. The molecule has 7 aromatic carbocycles. The fourth-order valence-corrected chi connectivity index (χ4v) is 8.11. The molecule has 0 unspecified atom stereocenters. The lowest BCUT2D eigenvalue weighted by atomic mass is 9.79. The van der Waals surface area contributed by atoms with Gasteiger partial charge in [0.2, 0.25) is 0 Å². The Morgan fingerprint density at radius 1 is 0.490 bits per heavy atom. The van der Waals surface area contributed by atoms with Crippen molar-refractivity contribution in [2.75, 3.05) is 4.90 Å². The minimum Gasteiger partial charge on any atom is -0.456 e. The largest absolute Gasteiger partial charge is 0.456 e. The molecule has 51 heavy (non-hydrogen) atoms. The monoisotopic (exact) mass is 659 g/mol. The molecule has 0 radical (unpaired) electrons. The van der Waals surface area contributed by atoms with E-state index in [4.69, 9.17) is 4.42 Å². The van der Waals surface area contributed by atoms with Crippen LogP contribution in [-0.4, -0.2) is 0 Å². The lowest BCUT2D eigenvalue weighted by Crippen LogP contribution is -2.17. The summed E-state index contributed by atoms with van der Waals surface area (Å²) in [5.41, 5.74) is 16.6. The second kappa shape index (κ2) is 11.6. The highest BCUT2D eigenvalue weighted by Gasteiger charge is 2.38. The fraction of sp³-hybridized carbons (Fsp3) is 0.143. The summed E-state index contributed by atoms with van der Waals surface area (Å²) in [4.78, 5) is 2.40. The van der Waals surface area contributed by atoms with Gasteiger partial charge in [-0.15, -0.1) is 0 Å². The molecule has 0 bridgehead atoms. The predicted octanol–water partition coefficient (Wildman–Crippen LogP) is 14.0. The number of furan rings is 1. The highest BCUT2D eigenvalue weighted by Crippen LogP contribution is 2.54. The van der Waals surface area contributed by atoms with Crippen LogP contribution in [0.3, 0.4) is 0 Å². The molecular weight excluding hydrogens is 619 g/mol. The number of fused-ring (bicyclic) bond motifs is 6. The molecule has 0 fully saturated rings. The molecule has 1 aromatic heterocycles. The maximum Gasteiger partial charge on any atom is 0.137 e. The Hall–Kier alpha value is -5.86. The van der Waals surface area contributed by atoms with E-state index in [1.165, 1.54) is 50.1 Å². The molecule has 1 heterocycles. The molecule has 1 aliphatic rings. The first-order valence-corrected chi connectivity index (χ1v) is 17.9. The summed E-state index contributed by atoms with van der Waals surface area (Å²) in [7, 11) is 0. The van der Waals surface area contributed by atoms with Crippen LogP contribution in [0.4, 0.5) is 17.1 Å². The van der Waals surface area contributed by atoms with Gasteiger partial charge in [-0.2, -0.15) is 0 Å². The molecule has 0 atom stereocenters. The molecule has 0 saturated carbocycles. The normalized spacial score (nSPS) is 13.4. The molecular formula is C49H41NO. The van der Waals surface area contributed by atoms with Crippen molar-refractivity contribution in [2.45, 2.75) is 45.4 Å². The Balaban J connectivity index is 1.28. The van der Waals surface area contributed by atoms with Crippen LogP contribution in [0.1, 0.15) is 51.3 Å². The number of anilines is 3. The molecule has 8 aromatic rings. The molecule has 0 amide bonds. The van der Waals surface area contributed by atoms with Crippen LogP contribution in [0.25, 0.3) is 55.3 Å². The van der Waals surface area contributed by atoms with E-state index in [2.05, 4.69) is 185 Å². The van der Waals surface area contributed by atoms with Gasteiger partial charge in [0.15, 0.2) is 0 Å². The zero-order chi connectivity index (χ0) is 34.9. The molecule has 0 N–H and O–H groups in total. The van der Waals surface area contributed by atoms with Gasteiger partial charge in [-0.3, -0.25) is 0 Å². The molecule has 9 rings (SSSR count). The summed E-state index contributed by atoms with van der Waals surface area (Å²) in [5.74, 6) is 0. The standard InChI is InChI=1S/C49H41NO/c1-48(2,3)34-25-27-41-43(30-34)49(4,5)42-22-14-21-40(47(41)42)37-19-9-11-23-44(37)50(35-18-13-17-33(29-35)32-15-7-6-8-16-32)36-26-28-39-38-20-10-12-24-45(38)51-46(39)31-36/h6-31H,1-5H3. The second-order valence-corrected chi connectivity index (χ2v) is 15.4. The second-order valence-electron chi connectivity index (χ2n) is 15.4. The van der Waals surface area contributed by atoms with Crippen LogP contribution in [0, 0.1) is 0 Å². The van der Waals surface area contributed by atoms with E-state index in [-0.39, 0.29) is 10.8 Å². The highest BCUT2D eigenvalue weighted by atomic mass is 16.3. The Kier molecular flexibility index (Phi) is 7.09. The molecule has 0 saturated heterocycles. The Bertz CT molecular complexity index is 2600. The van der Waals surface area contributed by atoms with Gasteiger partial charge in [0.25, 0.3) is 0 Å². The lowest BCUT2D eigenvalue weighted by Gasteiger charge is -2.29. The number of para-hydroxylation sites is 2. The van der Waals surface area contributed by atoms with Crippen LogP contribution >= 0.6 is 0 Å². The van der Waals surface area contributed by atoms with Gasteiger partial charge < -0.3 is 9.32 Å². The Labute approximate surface area is 300 Å². The van der Waals surface area contributed by atoms with Crippen molar-refractivity contribution in [3.63, 3.8) is 0 Å². The molecule has 2 heteroatoms. The summed E-state index contributed by atoms with van der Waals surface area (Å²) in [6, 6.07) is 57.3. The maximum atomic E-state index is 6.45. The van der Waals surface area contributed by atoms with Crippen molar-refractivity contribution < 1.29 is 4.42 Å². The van der Waals surface area contributed by atoms with E-state index in [0.29, 0.717) is 0 Å². The number of nitrogens with zero attached hydrogens (tertiary/aromatic N) is 1. The first-order chi connectivity index (χ1) is 24.7. The summed E-state index contributed by atoms with van der Waals surface area (Å²) in [6.07, 6.45) is 0. The SMILES string of the molecule is CC(C)(C)c1ccc2c(c1)C(C)(C)c1cccc(-c3ccccc3N(c3cccc(-c4ccccc4)c3)c3ccc4c(c3)oc3ccccc34)c1-2. The van der Waals surface area contributed by atoms with Crippen molar-refractivity contribution >= 4 is 39.0 Å². The average molecular weight is 660 g/mol. The van der Waals surface area contributed by atoms with Gasteiger partial charge in [0.1, 0.15) is 11.2 Å².